The smallest absolute Gasteiger partial charge is 0.230 e. The van der Waals surface area contributed by atoms with Crippen LogP contribution in [0.4, 0.5) is 10.3 Å². The van der Waals surface area contributed by atoms with Crippen molar-refractivity contribution in [2.75, 3.05) is 17.7 Å². The van der Waals surface area contributed by atoms with Gasteiger partial charge in [0.05, 0.1) is 23.2 Å². The molecule has 154 valence electrons. The number of nitrogen functional groups attached to an aromatic ring is 1. The molecule has 0 saturated heterocycles. The van der Waals surface area contributed by atoms with Crippen molar-refractivity contribution in [2.24, 2.45) is 0 Å². The first-order chi connectivity index (χ1) is 14.6. The van der Waals surface area contributed by atoms with Crippen LogP contribution >= 0.6 is 22.7 Å². The van der Waals surface area contributed by atoms with Gasteiger partial charge in [-0.25, -0.2) is 4.98 Å². The van der Waals surface area contributed by atoms with Crippen LogP contribution in [0.25, 0.3) is 20.8 Å². The maximum absolute atomic E-state index is 12.4. The minimum Gasteiger partial charge on any atom is -0.494 e. The van der Waals surface area contributed by atoms with Crippen LogP contribution in [0.5, 0.6) is 5.75 Å². The van der Waals surface area contributed by atoms with E-state index in [0.29, 0.717) is 16.9 Å². The number of fused-ring (bicyclic) bond motifs is 1. The summed E-state index contributed by atoms with van der Waals surface area (Å²) in [6.45, 7) is 2.85. The lowest BCUT2D eigenvalue weighted by molar-refractivity contribution is -0.115. The Bertz CT molecular complexity index is 1150. The third-order valence-electron chi connectivity index (χ3n) is 4.37. The lowest BCUT2D eigenvalue weighted by atomic mass is 10.1. The lowest BCUT2D eigenvalue weighted by Crippen LogP contribution is -2.14. The largest absolute Gasteiger partial charge is 0.494 e. The molecule has 2 aromatic carbocycles. The van der Waals surface area contributed by atoms with Crippen molar-refractivity contribution in [3.63, 3.8) is 0 Å². The Morgan fingerprint density at radius 3 is 2.77 bits per heavy atom. The lowest BCUT2D eigenvalue weighted by Gasteiger charge is -2.05. The third-order valence-corrected chi connectivity index (χ3v) is 6.11. The van der Waals surface area contributed by atoms with E-state index in [-0.39, 0.29) is 12.3 Å². The van der Waals surface area contributed by atoms with E-state index in [0.717, 1.165) is 44.9 Å². The molecule has 0 unspecified atom stereocenters. The number of ether oxygens (including phenoxy) is 1. The molecule has 0 saturated carbocycles. The number of hydrogen-bond acceptors (Lipinski definition) is 8. The number of benzene rings is 2. The van der Waals surface area contributed by atoms with E-state index in [1.54, 1.807) is 0 Å². The molecule has 3 N–H and O–H groups in total. The number of unbranched alkanes of at least 4 members (excludes halogenated alkanes) is 1. The summed E-state index contributed by atoms with van der Waals surface area (Å²) < 4.78 is 6.65. The number of nitrogens with zero attached hydrogens (tertiary/aromatic N) is 3. The SMILES string of the molecule is CCCCOc1ccc(-c2nnc(NC(=O)Cc3ccc4nc(N)sc4c3)s2)cc1. The average molecular weight is 440 g/mol. The Morgan fingerprint density at radius 1 is 1.13 bits per heavy atom. The first kappa shape index (κ1) is 20.2. The van der Waals surface area contributed by atoms with Gasteiger partial charge in [0.15, 0.2) is 5.13 Å². The van der Waals surface area contributed by atoms with Crippen molar-refractivity contribution >= 4 is 49.1 Å². The quantitative estimate of drug-likeness (QED) is 0.384. The van der Waals surface area contributed by atoms with E-state index in [1.807, 2.05) is 42.5 Å². The number of nitrogens with one attached hydrogen (secondary N) is 1. The highest BCUT2D eigenvalue weighted by Gasteiger charge is 2.11. The summed E-state index contributed by atoms with van der Waals surface area (Å²) in [5.74, 6) is 0.694. The minimum atomic E-state index is -0.144. The van der Waals surface area contributed by atoms with Crippen molar-refractivity contribution in [1.29, 1.82) is 0 Å². The summed E-state index contributed by atoms with van der Waals surface area (Å²) in [4.78, 5) is 16.6. The molecule has 4 aromatic rings. The van der Waals surface area contributed by atoms with Gasteiger partial charge in [-0.1, -0.05) is 42.1 Å². The molecular formula is C21H21N5O2S2. The zero-order valence-corrected chi connectivity index (χ0v) is 18.1. The monoisotopic (exact) mass is 439 g/mol. The Kier molecular flexibility index (Phi) is 6.20. The summed E-state index contributed by atoms with van der Waals surface area (Å²) in [5.41, 5.74) is 8.41. The second kappa shape index (κ2) is 9.19. The molecule has 4 rings (SSSR count). The number of carbonyl (C=O) groups is 1. The van der Waals surface area contributed by atoms with Gasteiger partial charge in [0, 0.05) is 5.56 Å². The molecule has 0 fully saturated rings. The Morgan fingerprint density at radius 2 is 1.97 bits per heavy atom. The van der Waals surface area contributed by atoms with Gasteiger partial charge in [0.25, 0.3) is 0 Å². The van der Waals surface area contributed by atoms with Crippen molar-refractivity contribution in [3.8, 4) is 16.3 Å². The molecule has 0 atom stereocenters. The fraction of sp³-hybridized carbons (Fsp3) is 0.238. The van der Waals surface area contributed by atoms with Crippen LogP contribution in [0.3, 0.4) is 0 Å². The summed E-state index contributed by atoms with van der Waals surface area (Å²) in [6.07, 6.45) is 2.38. The normalized spacial score (nSPS) is 11.0. The average Bonchev–Trinajstić information content (AvgIpc) is 3.34. The number of hydrogen-bond donors (Lipinski definition) is 2. The van der Waals surface area contributed by atoms with Crippen LogP contribution in [-0.4, -0.2) is 27.7 Å². The number of rotatable bonds is 8. The van der Waals surface area contributed by atoms with Crippen molar-refractivity contribution in [1.82, 2.24) is 15.2 Å². The molecule has 1 amide bonds. The first-order valence-electron chi connectivity index (χ1n) is 9.62. The number of carbonyl (C=O) groups excluding carboxylic acids is 1. The van der Waals surface area contributed by atoms with Gasteiger partial charge in [-0.15, -0.1) is 10.2 Å². The van der Waals surface area contributed by atoms with Crippen LogP contribution in [0.15, 0.2) is 42.5 Å². The van der Waals surface area contributed by atoms with Gasteiger partial charge >= 0.3 is 0 Å². The van der Waals surface area contributed by atoms with E-state index >= 15 is 0 Å². The molecule has 0 aliphatic heterocycles. The highest BCUT2D eigenvalue weighted by atomic mass is 32.1. The molecule has 2 heterocycles. The standard InChI is InChI=1S/C21H21N5O2S2/c1-2-3-10-28-15-7-5-14(6-8-15)19-25-26-21(30-19)24-18(27)12-13-4-9-16-17(11-13)29-20(22)23-16/h4-9,11H,2-3,10,12H2,1H3,(H2,22,23)(H,24,26,27). The Hall–Kier alpha value is -3.04. The highest BCUT2D eigenvalue weighted by molar-refractivity contribution is 7.22. The van der Waals surface area contributed by atoms with E-state index in [2.05, 4.69) is 27.4 Å². The maximum Gasteiger partial charge on any atom is 0.230 e. The van der Waals surface area contributed by atoms with E-state index in [9.17, 15) is 4.79 Å². The van der Waals surface area contributed by atoms with Crippen molar-refractivity contribution in [3.05, 3.63) is 48.0 Å². The highest BCUT2D eigenvalue weighted by Crippen LogP contribution is 2.28. The predicted molar refractivity (Wildman–Crippen MR) is 122 cm³/mol. The Balaban J connectivity index is 1.36. The summed E-state index contributed by atoms with van der Waals surface area (Å²) >= 11 is 2.75. The summed E-state index contributed by atoms with van der Waals surface area (Å²) in [7, 11) is 0. The third kappa shape index (κ3) is 4.92. The van der Waals surface area contributed by atoms with Gasteiger partial charge in [0.1, 0.15) is 10.8 Å². The molecule has 7 nitrogen and oxygen atoms in total. The molecular weight excluding hydrogens is 418 g/mol. The second-order valence-corrected chi connectivity index (χ2v) is 8.76. The van der Waals surface area contributed by atoms with Gasteiger partial charge in [0.2, 0.25) is 11.0 Å². The number of thiazole rings is 1. The van der Waals surface area contributed by atoms with Crippen LogP contribution in [0, 0.1) is 0 Å². The number of anilines is 2. The minimum absolute atomic E-state index is 0.144. The fourth-order valence-electron chi connectivity index (χ4n) is 2.86. The zero-order valence-electron chi connectivity index (χ0n) is 16.4. The molecule has 30 heavy (non-hydrogen) atoms. The van der Waals surface area contributed by atoms with Crippen molar-refractivity contribution < 1.29 is 9.53 Å². The van der Waals surface area contributed by atoms with Crippen LogP contribution in [0.1, 0.15) is 25.3 Å². The maximum atomic E-state index is 12.4. The number of nitrogens with two attached hydrogens (primary N) is 1. The van der Waals surface area contributed by atoms with Gasteiger partial charge in [-0.3, -0.25) is 4.79 Å². The van der Waals surface area contributed by atoms with Gasteiger partial charge in [-0.2, -0.15) is 0 Å². The molecule has 0 aliphatic carbocycles. The number of amides is 1. The van der Waals surface area contributed by atoms with E-state index < -0.39 is 0 Å². The number of aromatic nitrogens is 3. The molecule has 9 heteroatoms. The Labute approximate surface area is 181 Å². The summed E-state index contributed by atoms with van der Waals surface area (Å²) in [6, 6.07) is 13.4. The molecule has 2 aromatic heterocycles. The van der Waals surface area contributed by atoms with E-state index in [4.69, 9.17) is 10.5 Å². The fourth-order valence-corrected chi connectivity index (χ4v) is 4.43. The summed E-state index contributed by atoms with van der Waals surface area (Å²) in [5, 5.41) is 12.8. The molecule has 0 spiro atoms. The van der Waals surface area contributed by atoms with Crippen LogP contribution in [-0.2, 0) is 11.2 Å². The first-order valence-corrected chi connectivity index (χ1v) is 11.3. The van der Waals surface area contributed by atoms with Crippen molar-refractivity contribution in [2.45, 2.75) is 26.2 Å². The van der Waals surface area contributed by atoms with Crippen LogP contribution in [0.2, 0.25) is 0 Å². The van der Waals surface area contributed by atoms with E-state index in [1.165, 1.54) is 22.7 Å². The van der Waals surface area contributed by atoms with Gasteiger partial charge in [-0.05, 0) is 48.4 Å². The molecule has 0 radical (unpaired) electrons. The van der Waals surface area contributed by atoms with Gasteiger partial charge < -0.3 is 15.8 Å². The predicted octanol–water partition coefficient (Wildman–Crippen LogP) is 4.76. The molecule has 0 bridgehead atoms. The second-order valence-electron chi connectivity index (χ2n) is 6.72. The topological polar surface area (TPSA) is 103 Å². The molecule has 0 aliphatic rings. The van der Waals surface area contributed by atoms with Crippen LogP contribution < -0.4 is 15.8 Å². The zero-order chi connectivity index (χ0) is 20.9.